The molecule has 8 nitrogen and oxygen atoms in total. The van der Waals surface area contributed by atoms with Gasteiger partial charge in [0.25, 0.3) is 5.91 Å². The van der Waals surface area contributed by atoms with Crippen molar-refractivity contribution in [2.75, 3.05) is 26.1 Å². The average Bonchev–Trinajstić information content (AvgIpc) is 3.19. The molecule has 1 heterocycles. The number of halogens is 3. The van der Waals surface area contributed by atoms with E-state index in [1.807, 2.05) is 0 Å². The van der Waals surface area contributed by atoms with E-state index >= 15 is 0 Å². The second-order valence-corrected chi connectivity index (χ2v) is 7.70. The van der Waals surface area contributed by atoms with E-state index in [1.165, 1.54) is 26.4 Å². The minimum Gasteiger partial charge on any atom is -0.493 e. The summed E-state index contributed by atoms with van der Waals surface area (Å²) in [5.74, 6) is -0.770. The number of nitrogens with one attached hydrogen (secondary N) is 1. The molecule has 0 unspecified atom stereocenters. The Bertz CT molecular complexity index is 1180. The number of aryl methyl sites for hydroxylation is 1. The molecule has 0 atom stereocenters. The van der Waals surface area contributed by atoms with Gasteiger partial charge < -0.3 is 24.3 Å². The smallest absolute Gasteiger partial charge is 0.493 e. The van der Waals surface area contributed by atoms with Crippen LogP contribution in [0.25, 0.3) is 10.6 Å². The van der Waals surface area contributed by atoms with E-state index in [4.69, 9.17) is 14.2 Å². The fourth-order valence-corrected chi connectivity index (χ4v) is 3.77. The van der Waals surface area contributed by atoms with Crippen molar-refractivity contribution in [2.45, 2.75) is 13.3 Å². The number of ether oxygens (including phenoxy) is 4. The van der Waals surface area contributed by atoms with Crippen LogP contribution in [-0.4, -0.2) is 44.0 Å². The lowest BCUT2D eigenvalue weighted by Gasteiger charge is -2.10. The van der Waals surface area contributed by atoms with Crippen LogP contribution in [0, 0.1) is 6.92 Å². The first-order chi connectivity index (χ1) is 16.1. The summed E-state index contributed by atoms with van der Waals surface area (Å²) in [6.07, 6.45) is -4.81. The molecule has 180 valence electrons. The van der Waals surface area contributed by atoms with Crippen LogP contribution < -0.4 is 19.5 Å². The van der Waals surface area contributed by atoms with E-state index in [0.29, 0.717) is 27.8 Å². The number of hydrogen-bond donors (Lipinski definition) is 1. The molecule has 12 heteroatoms. The number of carbonyl (C=O) groups is 2. The van der Waals surface area contributed by atoms with Gasteiger partial charge in [0.2, 0.25) is 0 Å². The summed E-state index contributed by atoms with van der Waals surface area (Å²) in [6.45, 7) is 1.05. The molecule has 0 radical (unpaired) electrons. The number of rotatable bonds is 8. The van der Waals surface area contributed by atoms with Crippen LogP contribution in [0.1, 0.15) is 15.4 Å². The molecule has 0 aliphatic rings. The van der Waals surface area contributed by atoms with Gasteiger partial charge in [0, 0.05) is 11.3 Å². The summed E-state index contributed by atoms with van der Waals surface area (Å²) in [5.41, 5.74) is 1.35. The van der Waals surface area contributed by atoms with Crippen LogP contribution in [-0.2, 0) is 9.53 Å². The summed E-state index contributed by atoms with van der Waals surface area (Å²) >= 11 is 1.10. The van der Waals surface area contributed by atoms with Gasteiger partial charge >= 0.3 is 12.3 Å². The molecule has 1 amide bonds. The quantitative estimate of drug-likeness (QED) is 0.446. The first kappa shape index (κ1) is 24.8. The van der Waals surface area contributed by atoms with Crippen molar-refractivity contribution in [3.05, 3.63) is 53.0 Å². The normalized spacial score (nSPS) is 11.0. The number of methoxy groups -OCH3 is 2. The molecular formula is C22H19F3N2O6S. The van der Waals surface area contributed by atoms with E-state index in [1.54, 1.807) is 25.1 Å². The Morgan fingerprint density at radius 1 is 1.03 bits per heavy atom. The van der Waals surface area contributed by atoms with Crippen LogP contribution in [0.3, 0.4) is 0 Å². The van der Waals surface area contributed by atoms with Crippen LogP contribution >= 0.6 is 11.3 Å². The number of carbonyl (C=O) groups excluding carboxylic acids is 2. The number of nitrogens with zero attached hydrogens (tertiary/aromatic N) is 1. The summed E-state index contributed by atoms with van der Waals surface area (Å²) in [4.78, 5) is 29.2. The highest BCUT2D eigenvalue weighted by Gasteiger charge is 2.31. The van der Waals surface area contributed by atoms with Gasteiger partial charge in [-0.2, -0.15) is 0 Å². The van der Waals surface area contributed by atoms with E-state index in [2.05, 4.69) is 15.0 Å². The molecule has 3 aromatic rings. The number of alkyl halides is 3. The fourth-order valence-electron chi connectivity index (χ4n) is 2.81. The molecule has 0 saturated heterocycles. The second kappa shape index (κ2) is 10.4. The average molecular weight is 496 g/mol. The zero-order chi connectivity index (χ0) is 24.9. The number of anilines is 1. The molecule has 0 aliphatic carbocycles. The number of amides is 1. The van der Waals surface area contributed by atoms with Crippen LogP contribution in [0.2, 0.25) is 0 Å². The maximum Gasteiger partial charge on any atom is 0.573 e. The van der Waals surface area contributed by atoms with Crippen molar-refractivity contribution in [3.63, 3.8) is 0 Å². The highest BCUT2D eigenvalue weighted by atomic mass is 32.1. The van der Waals surface area contributed by atoms with Gasteiger partial charge in [-0.05, 0) is 49.4 Å². The minimum atomic E-state index is -4.81. The lowest BCUT2D eigenvalue weighted by Crippen LogP contribution is -2.21. The maximum absolute atomic E-state index is 12.5. The van der Waals surface area contributed by atoms with Gasteiger partial charge in [-0.15, -0.1) is 24.5 Å². The van der Waals surface area contributed by atoms with Crippen LogP contribution in [0.15, 0.2) is 42.5 Å². The lowest BCUT2D eigenvalue weighted by atomic mass is 10.2. The molecule has 0 fully saturated rings. The first-order valence-electron chi connectivity index (χ1n) is 9.62. The SMILES string of the molecule is COc1ccc(-c2nc(C)c(C(=O)OCC(=O)Nc3ccc(OC(F)(F)F)cc3)s2)cc1OC. The highest BCUT2D eigenvalue weighted by Crippen LogP contribution is 2.35. The Kier molecular flexibility index (Phi) is 7.61. The monoisotopic (exact) mass is 496 g/mol. The molecule has 0 bridgehead atoms. The molecule has 34 heavy (non-hydrogen) atoms. The van der Waals surface area contributed by atoms with Gasteiger partial charge in [0.1, 0.15) is 15.6 Å². The number of hydrogen-bond acceptors (Lipinski definition) is 8. The number of benzene rings is 2. The third-order valence-electron chi connectivity index (χ3n) is 4.32. The molecule has 0 spiro atoms. The maximum atomic E-state index is 12.5. The van der Waals surface area contributed by atoms with Gasteiger partial charge in [-0.25, -0.2) is 9.78 Å². The summed E-state index contributed by atoms with van der Waals surface area (Å²) < 4.78 is 55.9. The van der Waals surface area contributed by atoms with Gasteiger partial charge in [0.15, 0.2) is 18.1 Å². The highest BCUT2D eigenvalue weighted by molar-refractivity contribution is 7.17. The van der Waals surface area contributed by atoms with Crippen LogP contribution in [0.4, 0.5) is 18.9 Å². The summed E-state index contributed by atoms with van der Waals surface area (Å²) in [5, 5.41) is 2.97. The Hall–Kier alpha value is -3.80. The number of aromatic nitrogens is 1. The molecule has 3 rings (SSSR count). The zero-order valence-electron chi connectivity index (χ0n) is 18.2. The van der Waals surface area contributed by atoms with Crippen molar-refractivity contribution in [1.29, 1.82) is 0 Å². The van der Waals surface area contributed by atoms with Crippen LogP contribution in [0.5, 0.6) is 17.2 Å². The Morgan fingerprint density at radius 3 is 2.32 bits per heavy atom. The molecular weight excluding hydrogens is 477 g/mol. The minimum absolute atomic E-state index is 0.209. The van der Waals surface area contributed by atoms with E-state index in [-0.39, 0.29) is 10.6 Å². The predicted molar refractivity (Wildman–Crippen MR) is 117 cm³/mol. The van der Waals surface area contributed by atoms with Gasteiger partial charge in [0.05, 0.1) is 19.9 Å². The fraction of sp³-hybridized carbons (Fsp3) is 0.227. The standard InChI is InChI=1S/C22H19F3N2O6S/c1-12-19(34-20(26-12)13-4-9-16(30-2)17(10-13)31-3)21(29)32-11-18(28)27-14-5-7-15(8-6-14)33-22(23,24)25/h4-10H,11H2,1-3H3,(H,27,28). The molecule has 0 saturated carbocycles. The number of thiazole rings is 1. The molecule has 1 N–H and O–H groups in total. The van der Waals surface area contributed by atoms with E-state index < -0.39 is 30.6 Å². The lowest BCUT2D eigenvalue weighted by molar-refractivity contribution is -0.274. The molecule has 2 aromatic carbocycles. The second-order valence-electron chi connectivity index (χ2n) is 6.70. The van der Waals surface area contributed by atoms with E-state index in [9.17, 15) is 22.8 Å². The summed E-state index contributed by atoms with van der Waals surface area (Å²) in [6, 6.07) is 9.76. The van der Waals surface area contributed by atoms with Gasteiger partial charge in [-0.3, -0.25) is 4.79 Å². The van der Waals surface area contributed by atoms with E-state index in [0.717, 1.165) is 23.5 Å². The first-order valence-corrected chi connectivity index (χ1v) is 10.4. The van der Waals surface area contributed by atoms with Crippen molar-refractivity contribution < 1.29 is 41.7 Å². The van der Waals surface area contributed by atoms with Crippen molar-refractivity contribution in [2.24, 2.45) is 0 Å². The third kappa shape index (κ3) is 6.38. The zero-order valence-corrected chi connectivity index (χ0v) is 19.0. The predicted octanol–water partition coefficient (Wildman–Crippen LogP) is 4.83. The summed E-state index contributed by atoms with van der Waals surface area (Å²) in [7, 11) is 3.03. The van der Waals surface area contributed by atoms with Crippen molar-refractivity contribution >= 4 is 28.9 Å². The Morgan fingerprint density at radius 2 is 1.71 bits per heavy atom. The Balaban J connectivity index is 1.60. The molecule has 0 aliphatic heterocycles. The van der Waals surface area contributed by atoms with Crippen molar-refractivity contribution in [1.82, 2.24) is 4.98 Å². The van der Waals surface area contributed by atoms with Gasteiger partial charge in [-0.1, -0.05) is 0 Å². The topological polar surface area (TPSA) is 96.0 Å². The molecule has 1 aromatic heterocycles. The third-order valence-corrected chi connectivity index (χ3v) is 5.51. The van der Waals surface area contributed by atoms with Crippen molar-refractivity contribution in [3.8, 4) is 27.8 Å². The Labute approximate surface area is 196 Å². The number of esters is 1. The largest absolute Gasteiger partial charge is 0.573 e.